The van der Waals surface area contributed by atoms with Gasteiger partial charge in [-0.25, -0.2) is 0 Å². The van der Waals surface area contributed by atoms with Gasteiger partial charge in [-0.1, -0.05) is 12.1 Å². The predicted molar refractivity (Wildman–Crippen MR) is 77.0 cm³/mol. The number of rotatable bonds is 5. The van der Waals surface area contributed by atoms with Crippen molar-refractivity contribution in [2.75, 3.05) is 27.8 Å². The van der Waals surface area contributed by atoms with E-state index in [2.05, 4.69) is 5.32 Å². The summed E-state index contributed by atoms with van der Waals surface area (Å²) in [6, 6.07) is 5.66. The van der Waals surface area contributed by atoms with Crippen molar-refractivity contribution in [2.45, 2.75) is 25.4 Å². The summed E-state index contributed by atoms with van der Waals surface area (Å²) in [5, 5.41) is 3.23. The molecule has 1 atom stereocenters. The van der Waals surface area contributed by atoms with Gasteiger partial charge in [-0.15, -0.1) is 0 Å². The van der Waals surface area contributed by atoms with Crippen LogP contribution in [0.5, 0.6) is 11.5 Å². The first-order valence-corrected chi connectivity index (χ1v) is 6.85. The van der Waals surface area contributed by atoms with Crippen LogP contribution in [0.25, 0.3) is 0 Å². The zero-order chi connectivity index (χ0) is 14.5. The Kier molecular flexibility index (Phi) is 4.84. The van der Waals surface area contributed by atoms with Crippen molar-refractivity contribution in [2.24, 2.45) is 0 Å². The molecular formula is C15H22N2O3. The lowest BCUT2D eigenvalue weighted by Gasteiger charge is -2.22. The summed E-state index contributed by atoms with van der Waals surface area (Å²) >= 11 is 0. The molecule has 1 heterocycles. The predicted octanol–water partition coefficient (Wildman–Crippen LogP) is 1.41. The van der Waals surface area contributed by atoms with Crippen molar-refractivity contribution in [1.29, 1.82) is 0 Å². The van der Waals surface area contributed by atoms with Gasteiger partial charge in [0, 0.05) is 19.2 Å². The fraction of sp³-hybridized carbons (Fsp3) is 0.533. The number of amides is 1. The summed E-state index contributed by atoms with van der Waals surface area (Å²) < 4.78 is 10.7. The fourth-order valence-corrected chi connectivity index (χ4v) is 2.57. The first-order chi connectivity index (χ1) is 9.67. The number of para-hydroxylation sites is 1. The Labute approximate surface area is 119 Å². The molecule has 0 aliphatic carbocycles. The largest absolute Gasteiger partial charge is 0.493 e. The van der Waals surface area contributed by atoms with E-state index in [1.807, 2.05) is 25.2 Å². The van der Waals surface area contributed by atoms with Gasteiger partial charge in [-0.05, 0) is 25.5 Å². The van der Waals surface area contributed by atoms with E-state index in [9.17, 15) is 4.79 Å². The summed E-state index contributed by atoms with van der Waals surface area (Å²) in [5.41, 5.74) is 0.945. The number of likely N-dealkylation sites (N-methyl/N-ethyl adjacent to an activating group) is 1. The van der Waals surface area contributed by atoms with Gasteiger partial charge in [0.05, 0.1) is 20.3 Å². The lowest BCUT2D eigenvalue weighted by atomic mass is 10.1. The number of hydrogen-bond donors (Lipinski definition) is 1. The molecule has 20 heavy (non-hydrogen) atoms. The standard InChI is InChI=1S/C15H22N2O3/c1-17(15(18)12-7-5-9-16-12)10-11-6-4-8-13(19-2)14(11)20-3/h4,6,8,12,16H,5,7,9-10H2,1-3H3/t12-/m1/s1. The minimum Gasteiger partial charge on any atom is -0.493 e. The van der Waals surface area contributed by atoms with E-state index in [0.717, 1.165) is 24.9 Å². The summed E-state index contributed by atoms with van der Waals surface area (Å²) in [4.78, 5) is 14.0. The zero-order valence-corrected chi connectivity index (χ0v) is 12.3. The van der Waals surface area contributed by atoms with Crippen LogP contribution in [0.15, 0.2) is 18.2 Å². The molecule has 0 spiro atoms. The van der Waals surface area contributed by atoms with Crippen molar-refractivity contribution >= 4 is 5.91 Å². The number of hydrogen-bond acceptors (Lipinski definition) is 4. The smallest absolute Gasteiger partial charge is 0.239 e. The number of carbonyl (C=O) groups excluding carboxylic acids is 1. The van der Waals surface area contributed by atoms with E-state index in [1.54, 1.807) is 19.1 Å². The van der Waals surface area contributed by atoms with Crippen LogP contribution >= 0.6 is 0 Å². The third-order valence-electron chi connectivity index (χ3n) is 3.63. The average molecular weight is 278 g/mol. The summed E-state index contributed by atoms with van der Waals surface area (Å²) in [6.45, 7) is 1.43. The minimum atomic E-state index is -0.0448. The van der Waals surface area contributed by atoms with Crippen LogP contribution in [0, 0.1) is 0 Å². The van der Waals surface area contributed by atoms with Crippen LogP contribution in [0.2, 0.25) is 0 Å². The molecule has 1 fully saturated rings. The average Bonchev–Trinajstić information content (AvgIpc) is 3.00. The lowest BCUT2D eigenvalue weighted by Crippen LogP contribution is -2.41. The molecule has 0 aromatic heterocycles. The number of nitrogens with one attached hydrogen (secondary N) is 1. The molecule has 1 amide bonds. The van der Waals surface area contributed by atoms with Crippen LogP contribution in [0.4, 0.5) is 0 Å². The first-order valence-electron chi connectivity index (χ1n) is 6.85. The number of methoxy groups -OCH3 is 2. The topological polar surface area (TPSA) is 50.8 Å². The second kappa shape index (κ2) is 6.61. The Morgan fingerprint density at radius 3 is 2.80 bits per heavy atom. The van der Waals surface area contributed by atoms with Crippen LogP contribution in [0.3, 0.4) is 0 Å². The Morgan fingerprint density at radius 1 is 1.40 bits per heavy atom. The van der Waals surface area contributed by atoms with Crippen molar-refractivity contribution in [3.8, 4) is 11.5 Å². The number of carbonyl (C=O) groups is 1. The molecule has 1 N–H and O–H groups in total. The highest BCUT2D eigenvalue weighted by molar-refractivity contribution is 5.82. The van der Waals surface area contributed by atoms with Gasteiger partial charge >= 0.3 is 0 Å². The Hall–Kier alpha value is -1.75. The molecule has 0 unspecified atom stereocenters. The van der Waals surface area contributed by atoms with E-state index in [1.165, 1.54) is 0 Å². The summed E-state index contributed by atoms with van der Waals surface area (Å²) in [6.07, 6.45) is 1.98. The Bertz CT molecular complexity index is 470. The zero-order valence-electron chi connectivity index (χ0n) is 12.3. The highest BCUT2D eigenvalue weighted by Gasteiger charge is 2.25. The quantitative estimate of drug-likeness (QED) is 0.885. The van der Waals surface area contributed by atoms with E-state index in [0.29, 0.717) is 18.0 Å². The van der Waals surface area contributed by atoms with Gasteiger partial charge in [-0.3, -0.25) is 4.79 Å². The van der Waals surface area contributed by atoms with Crippen molar-refractivity contribution in [3.05, 3.63) is 23.8 Å². The van der Waals surface area contributed by atoms with Gasteiger partial charge in [0.2, 0.25) is 5.91 Å². The number of nitrogens with zero attached hydrogens (tertiary/aromatic N) is 1. The van der Waals surface area contributed by atoms with Gasteiger partial charge in [0.15, 0.2) is 11.5 Å². The van der Waals surface area contributed by atoms with Crippen molar-refractivity contribution in [1.82, 2.24) is 10.2 Å². The van der Waals surface area contributed by atoms with Gasteiger partial charge in [-0.2, -0.15) is 0 Å². The second-order valence-corrected chi connectivity index (χ2v) is 5.00. The number of ether oxygens (including phenoxy) is 2. The summed E-state index contributed by atoms with van der Waals surface area (Å²) in [7, 11) is 5.04. The van der Waals surface area contributed by atoms with E-state index >= 15 is 0 Å². The van der Waals surface area contributed by atoms with Crippen LogP contribution in [0.1, 0.15) is 18.4 Å². The van der Waals surface area contributed by atoms with Crippen LogP contribution in [-0.4, -0.2) is 44.7 Å². The fourth-order valence-electron chi connectivity index (χ4n) is 2.57. The maximum absolute atomic E-state index is 12.3. The maximum atomic E-state index is 12.3. The molecule has 110 valence electrons. The summed E-state index contributed by atoms with van der Waals surface area (Å²) in [5.74, 6) is 1.51. The van der Waals surface area contributed by atoms with Crippen LogP contribution in [-0.2, 0) is 11.3 Å². The molecule has 1 aliphatic rings. The minimum absolute atomic E-state index is 0.0448. The Balaban J connectivity index is 2.10. The molecule has 1 aromatic rings. The molecule has 1 aliphatic heterocycles. The van der Waals surface area contributed by atoms with Crippen molar-refractivity contribution < 1.29 is 14.3 Å². The molecule has 0 radical (unpaired) electrons. The van der Waals surface area contributed by atoms with Crippen molar-refractivity contribution in [3.63, 3.8) is 0 Å². The third kappa shape index (κ3) is 3.04. The third-order valence-corrected chi connectivity index (χ3v) is 3.63. The monoisotopic (exact) mass is 278 g/mol. The SMILES string of the molecule is COc1cccc(CN(C)C(=O)[C@H]2CCCN2)c1OC. The van der Waals surface area contributed by atoms with E-state index in [-0.39, 0.29) is 11.9 Å². The van der Waals surface area contributed by atoms with Crippen LogP contribution < -0.4 is 14.8 Å². The first kappa shape index (κ1) is 14.7. The second-order valence-electron chi connectivity index (χ2n) is 5.00. The highest BCUT2D eigenvalue weighted by atomic mass is 16.5. The molecular weight excluding hydrogens is 256 g/mol. The number of benzene rings is 1. The normalized spacial score (nSPS) is 17.9. The van der Waals surface area contributed by atoms with Gasteiger partial charge in [0.1, 0.15) is 0 Å². The van der Waals surface area contributed by atoms with Gasteiger partial charge < -0.3 is 19.7 Å². The van der Waals surface area contributed by atoms with E-state index < -0.39 is 0 Å². The molecule has 2 rings (SSSR count). The lowest BCUT2D eigenvalue weighted by molar-refractivity contribution is -0.132. The molecule has 0 saturated carbocycles. The molecule has 1 aromatic carbocycles. The molecule has 5 heteroatoms. The molecule has 1 saturated heterocycles. The Morgan fingerprint density at radius 2 is 2.20 bits per heavy atom. The molecule has 5 nitrogen and oxygen atoms in total. The maximum Gasteiger partial charge on any atom is 0.239 e. The molecule has 0 bridgehead atoms. The van der Waals surface area contributed by atoms with Gasteiger partial charge in [0.25, 0.3) is 0 Å². The van der Waals surface area contributed by atoms with E-state index in [4.69, 9.17) is 9.47 Å². The highest BCUT2D eigenvalue weighted by Crippen LogP contribution is 2.31.